The van der Waals surface area contributed by atoms with Crippen LogP contribution >= 0.6 is 0 Å². The maximum atomic E-state index is 12.5. The molecule has 1 aliphatic heterocycles. The van der Waals surface area contributed by atoms with E-state index in [0.29, 0.717) is 19.1 Å². The van der Waals surface area contributed by atoms with Crippen molar-refractivity contribution in [3.63, 3.8) is 0 Å². The highest BCUT2D eigenvalue weighted by atomic mass is 16.5. The number of carbonyl (C=O) groups excluding carboxylic acids is 1. The Labute approximate surface area is 119 Å². The van der Waals surface area contributed by atoms with Crippen LogP contribution in [0.3, 0.4) is 0 Å². The summed E-state index contributed by atoms with van der Waals surface area (Å²) in [6, 6.07) is 12.0. The summed E-state index contributed by atoms with van der Waals surface area (Å²) in [5, 5.41) is 2.20. The van der Waals surface area contributed by atoms with Gasteiger partial charge in [0.2, 0.25) is 0 Å². The van der Waals surface area contributed by atoms with Crippen molar-refractivity contribution >= 4 is 22.4 Å². The molecule has 0 radical (unpaired) electrons. The van der Waals surface area contributed by atoms with Gasteiger partial charge in [-0.05, 0) is 23.4 Å². The summed E-state index contributed by atoms with van der Waals surface area (Å²) >= 11 is 0. The zero-order valence-electron chi connectivity index (χ0n) is 11.9. The fraction of sp³-hybridized carbons (Fsp3) is 0.353. The largest absolute Gasteiger partial charge is 0.379 e. The molecule has 0 unspecified atom stereocenters. The second kappa shape index (κ2) is 5.25. The summed E-state index contributed by atoms with van der Waals surface area (Å²) < 4.78 is 5.61. The van der Waals surface area contributed by atoms with Crippen molar-refractivity contribution in [1.29, 1.82) is 0 Å². The number of anilines is 1. The minimum atomic E-state index is 0.0879. The van der Waals surface area contributed by atoms with Crippen LogP contribution in [0.4, 0.5) is 5.69 Å². The zero-order chi connectivity index (χ0) is 14.1. The van der Waals surface area contributed by atoms with Gasteiger partial charge in [0.1, 0.15) is 0 Å². The maximum Gasteiger partial charge on any atom is 0.259 e. The van der Waals surface area contributed by atoms with E-state index < -0.39 is 0 Å². The van der Waals surface area contributed by atoms with E-state index >= 15 is 0 Å². The Bertz CT molecular complexity index is 643. The molecule has 0 aliphatic carbocycles. The van der Waals surface area contributed by atoms with Crippen molar-refractivity contribution in [1.82, 2.24) is 0 Å². The van der Waals surface area contributed by atoms with Gasteiger partial charge in [0.25, 0.3) is 5.91 Å². The van der Waals surface area contributed by atoms with Gasteiger partial charge in [-0.3, -0.25) is 4.79 Å². The standard InChI is InChI=1S/C17H19NO2/c1-12(2)11-20-10-9-18-15-8-4-6-13-5-3-7-14(16(13)15)17(18)19/h3-8,12H,9-11H2,1-2H3. The van der Waals surface area contributed by atoms with Crippen molar-refractivity contribution in [2.24, 2.45) is 5.92 Å². The van der Waals surface area contributed by atoms with Crippen molar-refractivity contribution in [2.45, 2.75) is 13.8 Å². The van der Waals surface area contributed by atoms with Gasteiger partial charge in [-0.2, -0.15) is 0 Å². The van der Waals surface area contributed by atoms with Crippen molar-refractivity contribution in [3.05, 3.63) is 42.0 Å². The van der Waals surface area contributed by atoms with E-state index in [9.17, 15) is 4.79 Å². The normalized spacial score (nSPS) is 13.8. The first kappa shape index (κ1) is 13.1. The lowest BCUT2D eigenvalue weighted by Crippen LogP contribution is -2.30. The highest BCUT2D eigenvalue weighted by Crippen LogP contribution is 2.36. The number of hydrogen-bond donors (Lipinski definition) is 0. The first-order valence-corrected chi connectivity index (χ1v) is 7.10. The predicted octanol–water partition coefficient (Wildman–Crippen LogP) is 3.47. The summed E-state index contributed by atoms with van der Waals surface area (Å²) in [5.41, 5.74) is 1.82. The summed E-state index contributed by atoms with van der Waals surface area (Å²) in [7, 11) is 0. The molecule has 0 spiro atoms. The highest BCUT2D eigenvalue weighted by Gasteiger charge is 2.28. The summed E-state index contributed by atoms with van der Waals surface area (Å²) in [5.74, 6) is 0.606. The second-order valence-electron chi connectivity index (χ2n) is 5.61. The SMILES string of the molecule is CC(C)COCCN1C(=O)c2cccc3cccc1c23. The minimum absolute atomic E-state index is 0.0879. The van der Waals surface area contributed by atoms with Crippen LogP contribution in [-0.4, -0.2) is 25.7 Å². The molecule has 0 aromatic heterocycles. The number of carbonyl (C=O) groups is 1. The molecule has 104 valence electrons. The third-order valence-electron chi connectivity index (χ3n) is 3.56. The van der Waals surface area contributed by atoms with E-state index in [1.165, 1.54) is 0 Å². The molecule has 3 heteroatoms. The molecule has 0 fully saturated rings. The lowest BCUT2D eigenvalue weighted by Gasteiger charge is -2.18. The smallest absolute Gasteiger partial charge is 0.259 e. The number of amides is 1. The number of hydrogen-bond acceptors (Lipinski definition) is 2. The first-order chi connectivity index (χ1) is 9.68. The van der Waals surface area contributed by atoms with Gasteiger partial charge in [0.15, 0.2) is 0 Å². The van der Waals surface area contributed by atoms with E-state index in [0.717, 1.165) is 28.6 Å². The van der Waals surface area contributed by atoms with Gasteiger partial charge >= 0.3 is 0 Å². The Morgan fingerprint density at radius 2 is 1.90 bits per heavy atom. The summed E-state index contributed by atoms with van der Waals surface area (Å²) in [6.45, 7) is 6.17. The Kier molecular flexibility index (Phi) is 3.45. The second-order valence-corrected chi connectivity index (χ2v) is 5.61. The Hall–Kier alpha value is -1.87. The highest BCUT2D eigenvalue weighted by molar-refractivity contribution is 6.24. The van der Waals surface area contributed by atoms with Crippen molar-refractivity contribution in [3.8, 4) is 0 Å². The van der Waals surface area contributed by atoms with E-state index in [2.05, 4.69) is 13.8 Å². The molecule has 0 N–H and O–H groups in total. The van der Waals surface area contributed by atoms with Crippen LogP contribution in [0.15, 0.2) is 36.4 Å². The van der Waals surface area contributed by atoms with Gasteiger partial charge in [0.05, 0.1) is 12.3 Å². The van der Waals surface area contributed by atoms with Crippen LogP contribution in [0.5, 0.6) is 0 Å². The molecule has 2 aromatic carbocycles. The van der Waals surface area contributed by atoms with Crippen molar-refractivity contribution < 1.29 is 9.53 Å². The van der Waals surface area contributed by atoms with E-state index in [1.54, 1.807) is 0 Å². The topological polar surface area (TPSA) is 29.5 Å². The number of nitrogens with zero attached hydrogens (tertiary/aromatic N) is 1. The molecular weight excluding hydrogens is 250 g/mol. The lowest BCUT2D eigenvalue weighted by molar-refractivity contribution is 0.0944. The Morgan fingerprint density at radius 3 is 2.65 bits per heavy atom. The van der Waals surface area contributed by atoms with Gasteiger partial charge < -0.3 is 9.64 Å². The quantitative estimate of drug-likeness (QED) is 0.778. The van der Waals surface area contributed by atoms with E-state index in [4.69, 9.17) is 4.74 Å². The van der Waals surface area contributed by atoms with Crippen LogP contribution in [0.25, 0.3) is 10.8 Å². The molecule has 0 saturated carbocycles. The van der Waals surface area contributed by atoms with E-state index in [-0.39, 0.29) is 5.91 Å². The molecule has 2 aromatic rings. The molecular formula is C17H19NO2. The van der Waals surface area contributed by atoms with Crippen LogP contribution < -0.4 is 4.90 Å². The Balaban J connectivity index is 1.82. The Morgan fingerprint density at radius 1 is 1.15 bits per heavy atom. The molecule has 3 nitrogen and oxygen atoms in total. The average Bonchev–Trinajstić information content (AvgIpc) is 2.71. The fourth-order valence-electron chi connectivity index (χ4n) is 2.68. The molecule has 1 heterocycles. The van der Waals surface area contributed by atoms with Crippen LogP contribution in [-0.2, 0) is 4.74 Å². The predicted molar refractivity (Wildman–Crippen MR) is 81.3 cm³/mol. The summed E-state index contributed by atoms with van der Waals surface area (Å²) in [4.78, 5) is 14.3. The number of rotatable bonds is 5. The molecule has 0 bridgehead atoms. The summed E-state index contributed by atoms with van der Waals surface area (Å²) in [6.07, 6.45) is 0. The van der Waals surface area contributed by atoms with Gasteiger partial charge in [-0.25, -0.2) is 0 Å². The van der Waals surface area contributed by atoms with Crippen molar-refractivity contribution in [2.75, 3.05) is 24.7 Å². The third-order valence-corrected chi connectivity index (χ3v) is 3.56. The maximum absolute atomic E-state index is 12.5. The van der Waals surface area contributed by atoms with Crippen LogP contribution in [0.1, 0.15) is 24.2 Å². The van der Waals surface area contributed by atoms with Gasteiger partial charge in [0, 0.05) is 24.1 Å². The van der Waals surface area contributed by atoms with Crippen LogP contribution in [0, 0.1) is 5.92 Å². The monoisotopic (exact) mass is 269 g/mol. The molecule has 1 amide bonds. The molecule has 3 rings (SSSR count). The minimum Gasteiger partial charge on any atom is -0.379 e. The van der Waals surface area contributed by atoms with Gasteiger partial charge in [-0.1, -0.05) is 38.1 Å². The van der Waals surface area contributed by atoms with E-state index in [1.807, 2.05) is 41.3 Å². The zero-order valence-corrected chi connectivity index (χ0v) is 11.9. The fourth-order valence-corrected chi connectivity index (χ4v) is 2.68. The molecule has 20 heavy (non-hydrogen) atoms. The number of ether oxygens (including phenoxy) is 1. The molecule has 1 aliphatic rings. The average molecular weight is 269 g/mol. The number of benzene rings is 2. The third kappa shape index (κ3) is 2.18. The first-order valence-electron chi connectivity index (χ1n) is 7.10. The van der Waals surface area contributed by atoms with Gasteiger partial charge in [-0.15, -0.1) is 0 Å². The molecule has 0 saturated heterocycles. The van der Waals surface area contributed by atoms with Crippen LogP contribution in [0.2, 0.25) is 0 Å². The lowest BCUT2D eigenvalue weighted by atomic mass is 10.1. The molecule has 0 atom stereocenters.